The highest BCUT2D eigenvalue weighted by Gasteiger charge is 2.21. The molecule has 5 nitrogen and oxygen atoms in total. The van der Waals surface area contributed by atoms with Crippen molar-refractivity contribution in [2.24, 2.45) is 0 Å². The third-order valence-corrected chi connectivity index (χ3v) is 3.49. The summed E-state index contributed by atoms with van der Waals surface area (Å²) >= 11 is 1.25. The fraction of sp³-hybridized carbons (Fsp3) is 0.0769. The standard InChI is InChI=1S/C13H11NO4S/c1-18-11-3-2-4-12(13(11)14(16)17)19-10-7-5-9(15)6-8-10/h2-8,15H,1H3. The number of benzene rings is 2. The second-order valence-corrected chi connectivity index (χ2v) is 4.78. The molecule has 2 aromatic carbocycles. The molecule has 0 atom stereocenters. The second kappa shape index (κ2) is 5.62. The van der Waals surface area contributed by atoms with E-state index in [1.165, 1.54) is 31.0 Å². The van der Waals surface area contributed by atoms with Crippen LogP contribution in [0.15, 0.2) is 52.3 Å². The van der Waals surface area contributed by atoms with E-state index in [-0.39, 0.29) is 17.2 Å². The minimum Gasteiger partial charge on any atom is -0.508 e. The van der Waals surface area contributed by atoms with Crippen molar-refractivity contribution in [3.8, 4) is 11.5 Å². The number of aromatic hydroxyl groups is 1. The van der Waals surface area contributed by atoms with Crippen molar-refractivity contribution in [2.45, 2.75) is 9.79 Å². The van der Waals surface area contributed by atoms with Crippen molar-refractivity contribution < 1.29 is 14.8 Å². The van der Waals surface area contributed by atoms with Crippen molar-refractivity contribution in [2.75, 3.05) is 7.11 Å². The first-order valence-corrected chi connectivity index (χ1v) is 6.21. The van der Waals surface area contributed by atoms with Crippen LogP contribution < -0.4 is 4.74 Å². The van der Waals surface area contributed by atoms with Crippen LogP contribution in [0.2, 0.25) is 0 Å². The molecule has 0 radical (unpaired) electrons. The smallest absolute Gasteiger partial charge is 0.324 e. The summed E-state index contributed by atoms with van der Waals surface area (Å²) in [5.74, 6) is 0.387. The molecule has 1 N–H and O–H groups in total. The van der Waals surface area contributed by atoms with Crippen LogP contribution in [0, 0.1) is 10.1 Å². The largest absolute Gasteiger partial charge is 0.508 e. The predicted octanol–water partition coefficient (Wildman–Crippen LogP) is 3.46. The van der Waals surface area contributed by atoms with Gasteiger partial charge in [-0.15, -0.1) is 0 Å². The number of phenols is 1. The van der Waals surface area contributed by atoms with Crippen LogP contribution in [-0.2, 0) is 0 Å². The quantitative estimate of drug-likeness (QED) is 0.684. The van der Waals surface area contributed by atoms with E-state index in [0.717, 1.165) is 4.90 Å². The van der Waals surface area contributed by atoms with Crippen LogP contribution >= 0.6 is 11.8 Å². The molecular formula is C13H11NO4S. The molecule has 2 aromatic rings. The lowest BCUT2D eigenvalue weighted by atomic mass is 10.3. The highest BCUT2D eigenvalue weighted by Crippen LogP contribution is 2.40. The number of hydrogen-bond donors (Lipinski definition) is 1. The normalized spacial score (nSPS) is 10.2. The molecule has 0 saturated heterocycles. The highest BCUT2D eigenvalue weighted by atomic mass is 32.2. The van der Waals surface area contributed by atoms with Gasteiger partial charge in [-0.3, -0.25) is 10.1 Å². The number of nitro benzene ring substituents is 1. The van der Waals surface area contributed by atoms with Crippen molar-refractivity contribution in [3.05, 3.63) is 52.6 Å². The van der Waals surface area contributed by atoms with Gasteiger partial charge < -0.3 is 9.84 Å². The molecule has 0 heterocycles. The fourth-order valence-electron chi connectivity index (χ4n) is 1.57. The van der Waals surface area contributed by atoms with Gasteiger partial charge in [-0.05, 0) is 36.4 Å². The Morgan fingerprint density at radius 2 is 1.89 bits per heavy atom. The summed E-state index contributed by atoms with van der Waals surface area (Å²) in [5, 5.41) is 20.3. The molecule has 2 rings (SSSR count). The van der Waals surface area contributed by atoms with Crippen LogP contribution in [0.1, 0.15) is 0 Å². The Hall–Kier alpha value is -2.21. The van der Waals surface area contributed by atoms with Gasteiger partial charge in [-0.1, -0.05) is 17.8 Å². The Morgan fingerprint density at radius 1 is 1.21 bits per heavy atom. The monoisotopic (exact) mass is 277 g/mol. The SMILES string of the molecule is COc1cccc(Sc2ccc(O)cc2)c1[N+](=O)[O-]. The Kier molecular flexibility index (Phi) is 3.91. The molecule has 0 amide bonds. The van der Waals surface area contributed by atoms with E-state index in [2.05, 4.69) is 0 Å². The molecule has 0 saturated carbocycles. The summed E-state index contributed by atoms with van der Waals surface area (Å²) in [6.45, 7) is 0. The molecule has 19 heavy (non-hydrogen) atoms. The molecule has 0 fully saturated rings. The van der Waals surface area contributed by atoms with Crippen LogP contribution in [0.5, 0.6) is 11.5 Å². The zero-order valence-corrected chi connectivity index (χ0v) is 10.9. The van der Waals surface area contributed by atoms with Crippen LogP contribution in [-0.4, -0.2) is 17.1 Å². The first kappa shape index (κ1) is 13.2. The van der Waals surface area contributed by atoms with Gasteiger partial charge in [0, 0.05) is 4.90 Å². The van der Waals surface area contributed by atoms with Crippen molar-refractivity contribution >= 4 is 17.4 Å². The Morgan fingerprint density at radius 3 is 2.47 bits per heavy atom. The zero-order chi connectivity index (χ0) is 13.8. The third-order valence-electron chi connectivity index (χ3n) is 2.43. The molecule has 6 heteroatoms. The fourth-order valence-corrected chi connectivity index (χ4v) is 2.51. The average molecular weight is 277 g/mol. The van der Waals surface area contributed by atoms with E-state index < -0.39 is 4.92 Å². The number of phenolic OH excluding ortho intramolecular Hbond substituents is 1. The van der Waals surface area contributed by atoms with Gasteiger partial charge in [0.15, 0.2) is 5.75 Å². The van der Waals surface area contributed by atoms with Gasteiger partial charge in [-0.2, -0.15) is 0 Å². The molecule has 0 bridgehead atoms. The average Bonchev–Trinajstić information content (AvgIpc) is 2.40. The number of rotatable bonds is 4. The highest BCUT2D eigenvalue weighted by molar-refractivity contribution is 7.99. The van der Waals surface area contributed by atoms with Crippen LogP contribution in [0.4, 0.5) is 5.69 Å². The van der Waals surface area contributed by atoms with E-state index >= 15 is 0 Å². The molecule has 0 spiro atoms. The summed E-state index contributed by atoms with van der Waals surface area (Å²) in [5.41, 5.74) is -0.0527. The summed E-state index contributed by atoms with van der Waals surface area (Å²) < 4.78 is 5.01. The van der Waals surface area contributed by atoms with E-state index in [4.69, 9.17) is 4.74 Å². The maximum absolute atomic E-state index is 11.1. The number of hydrogen-bond acceptors (Lipinski definition) is 5. The Labute approximate surface area is 114 Å². The topological polar surface area (TPSA) is 72.6 Å². The summed E-state index contributed by atoms with van der Waals surface area (Å²) in [4.78, 5) is 12.0. The Bertz CT molecular complexity index is 598. The minimum atomic E-state index is -0.457. The van der Waals surface area contributed by atoms with E-state index in [0.29, 0.717) is 4.90 Å². The van der Waals surface area contributed by atoms with E-state index in [1.54, 1.807) is 30.3 Å². The van der Waals surface area contributed by atoms with Crippen molar-refractivity contribution in [1.82, 2.24) is 0 Å². The molecule has 0 unspecified atom stereocenters. The zero-order valence-electron chi connectivity index (χ0n) is 10.1. The first-order chi connectivity index (χ1) is 9.11. The first-order valence-electron chi connectivity index (χ1n) is 5.40. The molecular weight excluding hydrogens is 266 g/mol. The summed E-state index contributed by atoms with van der Waals surface area (Å²) in [7, 11) is 1.40. The molecule has 0 aliphatic rings. The number of para-hydroxylation sites is 1. The molecule has 0 aliphatic carbocycles. The van der Waals surface area contributed by atoms with Crippen LogP contribution in [0.25, 0.3) is 0 Å². The molecule has 0 aromatic heterocycles. The molecule has 0 aliphatic heterocycles. The Balaban J connectivity index is 2.39. The minimum absolute atomic E-state index is 0.0527. The van der Waals surface area contributed by atoms with Gasteiger partial charge in [0.05, 0.1) is 16.9 Å². The van der Waals surface area contributed by atoms with Gasteiger partial charge in [0.2, 0.25) is 0 Å². The van der Waals surface area contributed by atoms with Crippen molar-refractivity contribution in [3.63, 3.8) is 0 Å². The van der Waals surface area contributed by atoms with Crippen molar-refractivity contribution in [1.29, 1.82) is 0 Å². The number of nitro groups is 1. The maximum atomic E-state index is 11.1. The second-order valence-electron chi connectivity index (χ2n) is 3.66. The summed E-state index contributed by atoms with van der Waals surface area (Å²) in [6.07, 6.45) is 0. The number of methoxy groups -OCH3 is 1. The lowest BCUT2D eigenvalue weighted by Crippen LogP contribution is -1.95. The van der Waals surface area contributed by atoms with Gasteiger partial charge in [0.1, 0.15) is 5.75 Å². The molecule has 98 valence electrons. The van der Waals surface area contributed by atoms with E-state index in [9.17, 15) is 15.2 Å². The van der Waals surface area contributed by atoms with Crippen LogP contribution in [0.3, 0.4) is 0 Å². The third kappa shape index (κ3) is 2.97. The predicted molar refractivity (Wildman–Crippen MR) is 71.9 cm³/mol. The lowest BCUT2D eigenvalue weighted by Gasteiger charge is -2.06. The van der Waals surface area contributed by atoms with Gasteiger partial charge in [-0.25, -0.2) is 0 Å². The maximum Gasteiger partial charge on any atom is 0.324 e. The summed E-state index contributed by atoms with van der Waals surface area (Å²) in [6, 6.07) is 11.4. The van der Waals surface area contributed by atoms with Gasteiger partial charge >= 0.3 is 5.69 Å². The lowest BCUT2D eigenvalue weighted by molar-refractivity contribution is -0.388. The number of nitrogens with zero attached hydrogens (tertiary/aromatic N) is 1. The van der Waals surface area contributed by atoms with E-state index in [1.807, 2.05) is 0 Å². The number of ether oxygens (including phenoxy) is 1. The van der Waals surface area contributed by atoms with Gasteiger partial charge in [0.25, 0.3) is 0 Å².